The molecule has 0 saturated heterocycles. The van der Waals surface area contributed by atoms with Crippen LogP contribution in [0, 0.1) is 0 Å². The zero-order valence-electron chi connectivity index (χ0n) is 14.3. The summed E-state index contributed by atoms with van der Waals surface area (Å²) in [4.78, 5) is 15.0. The van der Waals surface area contributed by atoms with Crippen LogP contribution in [0.4, 0.5) is 5.82 Å². The van der Waals surface area contributed by atoms with Gasteiger partial charge in [0.15, 0.2) is 11.5 Å². The van der Waals surface area contributed by atoms with Gasteiger partial charge in [-0.25, -0.2) is 4.98 Å². The first-order valence-electron chi connectivity index (χ1n) is 7.45. The van der Waals surface area contributed by atoms with Gasteiger partial charge in [0.1, 0.15) is 17.0 Å². The number of benzene rings is 1. The van der Waals surface area contributed by atoms with Crippen molar-refractivity contribution in [3.8, 4) is 17.5 Å². The number of hydrogen-bond acceptors (Lipinski definition) is 9. The third-order valence-electron chi connectivity index (χ3n) is 3.42. The number of nitrogens with one attached hydrogen (secondary N) is 2. The molecule has 0 amide bonds. The van der Waals surface area contributed by atoms with Gasteiger partial charge in [-0.2, -0.15) is 18.4 Å². The van der Waals surface area contributed by atoms with Gasteiger partial charge in [0.2, 0.25) is 0 Å². The van der Waals surface area contributed by atoms with E-state index in [4.69, 9.17) is 13.7 Å². The molecular weight excluding hydrogens is 362 g/mol. The fraction of sp³-hybridized carbons (Fsp3) is 0.267. The lowest BCUT2D eigenvalue weighted by molar-refractivity contribution is 0.399. The zero-order valence-corrected chi connectivity index (χ0v) is 15.1. The van der Waals surface area contributed by atoms with E-state index >= 15 is 0 Å². The van der Waals surface area contributed by atoms with Crippen LogP contribution in [-0.4, -0.2) is 48.8 Å². The smallest absolute Gasteiger partial charge is 0.337 e. The Morgan fingerprint density at radius 1 is 1.19 bits per heavy atom. The number of rotatable bonds is 7. The monoisotopic (exact) mass is 379 g/mol. The number of aromatic nitrogens is 4. The molecule has 0 aliphatic heterocycles. The molecule has 1 aromatic carbocycles. The highest BCUT2D eigenvalue weighted by molar-refractivity contribution is 7.86. The molecule has 0 saturated carbocycles. The highest BCUT2D eigenvalue weighted by atomic mass is 32.2. The van der Waals surface area contributed by atoms with E-state index in [1.165, 1.54) is 6.33 Å². The lowest BCUT2D eigenvalue weighted by Crippen LogP contribution is -2.11. The van der Waals surface area contributed by atoms with Crippen molar-refractivity contribution < 1.29 is 22.1 Å². The summed E-state index contributed by atoms with van der Waals surface area (Å²) in [6.07, 6.45) is 2.35. The van der Waals surface area contributed by atoms with Gasteiger partial charge in [-0.3, -0.25) is 0 Å². The Hall–Kier alpha value is -3.08. The summed E-state index contributed by atoms with van der Waals surface area (Å²) in [6, 6.07) is 5.09. The van der Waals surface area contributed by atoms with E-state index in [2.05, 4.69) is 25.3 Å². The minimum atomic E-state index is -3.76. The average Bonchev–Trinajstić information content (AvgIpc) is 3.06. The SMILES string of the molecule is COc1ccc(OC)c(CNc2nc(OS(C)(=O)=O)nc3nc[nH]c23)c1. The van der Waals surface area contributed by atoms with Crippen LogP contribution in [0.5, 0.6) is 17.5 Å². The molecule has 0 unspecified atom stereocenters. The second-order valence-electron chi connectivity index (χ2n) is 5.27. The van der Waals surface area contributed by atoms with Crippen molar-refractivity contribution >= 4 is 27.1 Å². The van der Waals surface area contributed by atoms with Gasteiger partial charge in [0.05, 0.1) is 26.8 Å². The van der Waals surface area contributed by atoms with Gasteiger partial charge in [-0.05, 0) is 18.2 Å². The van der Waals surface area contributed by atoms with E-state index < -0.39 is 10.1 Å². The molecule has 2 heterocycles. The van der Waals surface area contributed by atoms with Crippen LogP contribution in [0.25, 0.3) is 11.2 Å². The number of ether oxygens (including phenoxy) is 2. The predicted octanol–water partition coefficient (Wildman–Crippen LogP) is 1.32. The lowest BCUT2D eigenvalue weighted by atomic mass is 10.2. The molecule has 0 aliphatic rings. The van der Waals surface area contributed by atoms with Gasteiger partial charge >= 0.3 is 16.1 Å². The minimum absolute atomic E-state index is 0.277. The topological polar surface area (TPSA) is 128 Å². The fourth-order valence-corrected chi connectivity index (χ4v) is 2.66. The van der Waals surface area contributed by atoms with Crippen molar-refractivity contribution in [1.82, 2.24) is 19.9 Å². The molecule has 2 N–H and O–H groups in total. The van der Waals surface area contributed by atoms with Crippen LogP contribution < -0.4 is 19.0 Å². The highest BCUT2D eigenvalue weighted by Gasteiger charge is 2.15. The third-order valence-corrected chi connectivity index (χ3v) is 3.88. The maximum atomic E-state index is 11.3. The second-order valence-corrected chi connectivity index (χ2v) is 6.85. The zero-order chi connectivity index (χ0) is 18.7. The summed E-state index contributed by atoms with van der Waals surface area (Å²) in [7, 11) is -0.613. The molecule has 10 nitrogen and oxygen atoms in total. The van der Waals surface area contributed by atoms with Crippen molar-refractivity contribution in [2.45, 2.75) is 6.54 Å². The molecule has 3 rings (SSSR count). The molecule has 0 fully saturated rings. The molecule has 11 heteroatoms. The second kappa shape index (κ2) is 7.04. The summed E-state index contributed by atoms with van der Waals surface area (Å²) < 4.78 is 38.0. The van der Waals surface area contributed by atoms with E-state index in [0.29, 0.717) is 29.4 Å². The fourth-order valence-electron chi connectivity index (χ4n) is 2.31. The van der Waals surface area contributed by atoms with Crippen LogP contribution in [-0.2, 0) is 16.7 Å². The van der Waals surface area contributed by atoms with Crippen molar-refractivity contribution in [3.05, 3.63) is 30.1 Å². The Morgan fingerprint density at radius 3 is 2.69 bits per heavy atom. The summed E-state index contributed by atoms with van der Waals surface area (Å²) in [5.74, 6) is 1.69. The molecule has 138 valence electrons. The molecular formula is C15H17N5O5S. The highest BCUT2D eigenvalue weighted by Crippen LogP contribution is 2.26. The summed E-state index contributed by atoms with van der Waals surface area (Å²) in [6.45, 7) is 0.337. The van der Waals surface area contributed by atoms with Crippen molar-refractivity contribution in [1.29, 1.82) is 0 Å². The third kappa shape index (κ3) is 3.94. The Balaban J connectivity index is 1.92. The first-order chi connectivity index (χ1) is 12.4. The normalized spacial score (nSPS) is 11.3. The molecule has 3 aromatic rings. The number of aromatic amines is 1. The van der Waals surface area contributed by atoms with Crippen molar-refractivity contribution in [2.24, 2.45) is 0 Å². The number of nitrogens with zero attached hydrogens (tertiary/aromatic N) is 3. The van der Waals surface area contributed by atoms with Gasteiger partial charge in [0, 0.05) is 12.1 Å². The quantitative estimate of drug-likeness (QED) is 0.584. The lowest BCUT2D eigenvalue weighted by Gasteiger charge is -2.12. The maximum Gasteiger partial charge on any atom is 0.337 e. The Labute approximate surface area is 149 Å². The molecule has 0 bridgehead atoms. The van der Waals surface area contributed by atoms with Crippen LogP contribution in [0.1, 0.15) is 5.56 Å². The molecule has 0 aliphatic carbocycles. The molecule has 26 heavy (non-hydrogen) atoms. The molecule has 0 atom stereocenters. The first-order valence-corrected chi connectivity index (χ1v) is 9.26. The van der Waals surface area contributed by atoms with Crippen LogP contribution in [0.3, 0.4) is 0 Å². The summed E-state index contributed by atoms with van der Waals surface area (Å²) in [5.41, 5.74) is 1.62. The Kier molecular flexibility index (Phi) is 4.80. The molecule has 0 spiro atoms. The van der Waals surface area contributed by atoms with E-state index in [0.717, 1.165) is 11.8 Å². The van der Waals surface area contributed by atoms with Gasteiger partial charge in [-0.1, -0.05) is 0 Å². The largest absolute Gasteiger partial charge is 0.497 e. The van der Waals surface area contributed by atoms with Gasteiger partial charge in [0.25, 0.3) is 0 Å². The number of fused-ring (bicyclic) bond motifs is 1. The van der Waals surface area contributed by atoms with Gasteiger partial charge < -0.3 is 24.0 Å². The molecule has 2 aromatic heterocycles. The van der Waals surface area contributed by atoms with E-state index in [-0.39, 0.29) is 11.7 Å². The Bertz CT molecular complexity index is 1030. The van der Waals surface area contributed by atoms with Crippen LogP contribution in [0.2, 0.25) is 0 Å². The summed E-state index contributed by atoms with van der Waals surface area (Å²) in [5, 5.41) is 3.11. The number of imidazole rings is 1. The first kappa shape index (κ1) is 17.7. The van der Waals surface area contributed by atoms with Crippen LogP contribution in [0.15, 0.2) is 24.5 Å². The Morgan fingerprint density at radius 2 is 2.00 bits per heavy atom. The minimum Gasteiger partial charge on any atom is -0.497 e. The predicted molar refractivity (Wildman–Crippen MR) is 94.0 cm³/mol. The number of methoxy groups -OCH3 is 2. The van der Waals surface area contributed by atoms with Crippen molar-refractivity contribution in [2.75, 3.05) is 25.8 Å². The van der Waals surface area contributed by atoms with E-state index in [1.807, 2.05) is 6.07 Å². The number of H-pyrrole nitrogens is 1. The standard InChI is InChI=1S/C15H17N5O5S/c1-23-10-4-5-11(24-2)9(6-10)7-16-13-12-14(18-8-17-12)20-15(19-13)25-26(3,21)22/h4-6,8H,7H2,1-3H3,(H2,16,17,18,19,20). The van der Waals surface area contributed by atoms with E-state index in [9.17, 15) is 8.42 Å². The van der Waals surface area contributed by atoms with Gasteiger partial charge in [-0.15, -0.1) is 0 Å². The number of anilines is 1. The average molecular weight is 379 g/mol. The summed E-state index contributed by atoms with van der Waals surface area (Å²) >= 11 is 0. The molecule has 0 radical (unpaired) electrons. The van der Waals surface area contributed by atoms with Crippen molar-refractivity contribution in [3.63, 3.8) is 0 Å². The maximum absolute atomic E-state index is 11.3. The van der Waals surface area contributed by atoms with E-state index in [1.54, 1.807) is 26.4 Å². The number of hydrogen-bond donors (Lipinski definition) is 2. The van der Waals surface area contributed by atoms with Crippen LogP contribution >= 0.6 is 0 Å².